The second-order valence-electron chi connectivity index (χ2n) is 8.13. The minimum Gasteiger partial charge on any atom is -0.493 e. The van der Waals surface area contributed by atoms with Crippen LogP contribution in [-0.4, -0.2) is 48.8 Å². The van der Waals surface area contributed by atoms with Crippen molar-refractivity contribution in [3.05, 3.63) is 59.2 Å². The SMILES string of the molecule is COc1cc2c(cc1OC)[C@H](c1ccccc1)N(C(=O)N[C@@H](CC(C)C)C(=O)O)CC2. The molecule has 0 spiro atoms. The van der Waals surface area contributed by atoms with Gasteiger partial charge in [-0.3, -0.25) is 0 Å². The Kier molecular flexibility index (Phi) is 7.05. The number of carboxylic acid groups (broad SMARTS) is 1. The molecule has 0 unspecified atom stereocenters. The van der Waals surface area contributed by atoms with E-state index < -0.39 is 12.0 Å². The van der Waals surface area contributed by atoms with Crippen molar-refractivity contribution in [3.63, 3.8) is 0 Å². The minimum atomic E-state index is -1.03. The standard InChI is InChI=1S/C24H30N2O5/c1-15(2)12-19(23(27)28)25-24(29)26-11-10-17-13-20(30-3)21(31-4)14-18(17)22(26)16-8-6-5-7-9-16/h5-9,13-15,19,22H,10-12H2,1-4H3,(H,25,29)(H,27,28)/t19-,22-/m0/s1. The van der Waals surface area contributed by atoms with Crippen LogP contribution in [0.5, 0.6) is 11.5 Å². The van der Waals surface area contributed by atoms with Crippen LogP contribution in [0.1, 0.15) is 43.0 Å². The summed E-state index contributed by atoms with van der Waals surface area (Å²) in [6.07, 6.45) is 1.00. The van der Waals surface area contributed by atoms with E-state index in [2.05, 4.69) is 5.32 Å². The lowest BCUT2D eigenvalue weighted by atomic mass is 9.88. The van der Waals surface area contributed by atoms with Crippen LogP contribution in [0.3, 0.4) is 0 Å². The van der Waals surface area contributed by atoms with Crippen molar-refractivity contribution in [1.82, 2.24) is 10.2 Å². The highest BCUT2D eigenvalue weighted by molar-refractivity contribution is 5.83. The van der Waals surface area contributed by atoms with E-state index >= 15 is 0 Å². The fraction of sp³-hybridized carbons (Fsp3) is 0.417. The number of urea groups is 1. The van der Waals surface area contributed by atoms with Gasteiger partial charge in [-0.05, 0) is 47.6 Å². The molecule has 7 heteroatoms. The van der Waals surface area contributed by atoms with Crippen LogP contribution in [-0.2, 0) is 11.2 Å². The van der Waals surface area contributed by atoms with Gasteiger partial charge in [0.2, 0.25) is 0 Å². The van der Waals surface area contributed by atoms with Crippen LogP contribution in [0, 0.1) is 5.92 Å². The zero-order chi connectivity index (χ0) is 22.5. The summed E-state index contributed by atoms with van der Waals surface area (Å²) in [5.41, 5.74) is 2.97. The molecule has 0 fully saturated rings. The van der Waals surface area contributed by atoms with Crippen molar-refractivity contribution in [2.45, 2.75) is 38.8 Å². The van der Waals surface area contributed by atoms with Crippen LogP contribution in [0.15, 0.2) is 42.5 Å². The first-order valence-corrected chi connectivity index (χ1v) is 10.4. The molecule has 2 amide bonds. The lowest BCUT2D eigenvalue weighted by Gasteiger charge is -2.38. The normalized spacial score (nSPS) is 16.4. The van der Waals surface area contributed by atoms with Crippen molar-refractivity contribution < 1.29 is 24.2 Å². The summed E-state index contributed by atoms with van der Waals surface area (Å²) in [5.74, 6) is 0.355. The first-order chi connectivity index (χ1) is 14.8. The number of fused-ring (bicyclic) bond motifs is 1. The average molecular weight is 427 g/mol. The van der Waals surface area contributed by atoms with Gasteiger partial charge in [0.25, 0.3) is 0 Å². The molecular weight excluding hydrogens is 396 g/mol. The number of carbonyl (C=O) groups excluding carboxylic acids is 1. The number of hydrogen-bond donors (Lipinski definition) is 2. The van der Waals surface area contributed by atoms with Gasteiger partial charge in [0, 0.05) is 6.54 Å². The van der Waals surface area contributed by atoms with E-state index in [1.165, 1.54) is 0 Å². The van der Waals surface area contributed by atoms with Gasteiger partial charge in [0.15, 0.2) is 11.5 Å². The highest BCUT2D eigenvalue weighted by Gasteiger charge is 2.35. The predicted octanol–water partition coefficient (Wildman–Crippen LogP) is 3.86. The van der Waals surface area contributed by atoms with Gasteiger partial charge in [-0.2, -0.15) is 0 Å². The molecule has 7 nitrogen and oxygen atoms in total. The third-order valence-electron chi connectivity index (χ3n) is 5.55. The minimum absolute atomic E-state index is 0.144. The van der Waals surface area contributed by atoms with Crippen LogP contribution < -0.4 is 14.8 Å². The molecule has 2 aromatic carbocycles. The second-order valence-corrected chi connectivity index (χ2v) is 8.13. The maximum Gasteiger partial charge on any atom is 0.326 e. The Balaban J connectivity index is 2.01. The highest BCUT2D eigenvalue weighted by atomic mass is 16.5. The van der Waals surface area contributed by atoms with Gasteiger partial charge in [0.05, 0.1) is 20.3 Å². The van der Waals surface area contributed by atoms with Gasteiger partial charge in [-0.25, -0.2) is 9.59 Å². The number of nitrogens with zero attached hydrogens (tertiary/aromatic N) is 1. The molecule has 1 aliphatic heterocycles. The summed E-state index contributed by atoms with van der Waals surface area (Å²) < 4.78 is 11.0. The maximum absolute atomic E-state index is 13.3. The predicted molar refractivity (Wildman–Crippen MR) is 118 cm³/mol. The van der Waals surface area contributed by atoms with Crippen molar-refractivity contribution in [2.24, 2.45) is 5.92 Å². The van der Waals surface area contributed by atoms with Crippen LogP contribution in [0.4, 0.5) is 4.79 Å². The van der Waals surface area contributed by atoms with Crippen LogP contribution in [0.2, 0.25) is 0 Å². The zero-order valence-electron chi connectivity index (χ0n) is 18.4. The number of methoxy groups -OCH3 is 2. The zero-order valence-corrected chi connectivity index (χ0v) is 18.4. The molecule has 0 aliphatic carbocycles. The summed E-state index contributed by atoms with van der Waals surface area (Å²) in [7, 11) is 3.18. The number of carboxylic acids is 1. The van der Waals surface area contributed by atoms with Crippen molar-refractivity contribution in [1.29, 1.82) is 0 Å². The molecule has 2 atom stereocenters. The topological polar surface area (TPSA) is 88.1 Å². The summed E-state index contributed by atoms with van der Waals surface area (Å²) in [5, 5.41) is 12.3. The Morgan fingerprint density at radius 1 is 1.13 bits per heavy atom. The van der Waals surface area contributed by atoms with Gasteiger partial charge >= 0.3 is 12.0 Å². The smallest absolute Gasteiger partial charge is 0.326 e. The van der Waals surface area contributed by atoms with E-state index in [1.54, 1.807) is 19.1 Å². The molecule has 2 aromatic rings. The quantitative estimate of drug-likeness (QED) is 0.702. The first-order valence-electron chi connectivity index (χ1n) is 10.4. The monoisotopic (exact) mass is 426 g/mol. The number of hydrogen-bond acceptors (Lipinski definition) is 4. The molecular formula is C24H30N2O5. The molecule has 0 bridgehead atoms. The Morgan fingerprint density at radius 2 is 1.77 bits per heavy atom. The third kappa shape index (κ3) is 4.93. The molecule has 2 N–H and O–H groups in total. The Labute approximate surface area is 183 Å². The lowest BCUT2D eigenvalue weighted by Crippen LogP contribution is -2.51. The number of amides is 2. The maximum atomic E-state index is 13.3. The van der Waals surface area contributed by atoms with E-state index in [-0.39, 0.29) is 18.0 Å². The molecule has 0 saturated carbocycles. The van der Waals surface area contributed by atoms with Crippen LogP contribution >= 0.6 is 0 Å². The number of ether oxygens (including phenoxy) is 2. The lowest BCUT2D eigenvalue weighted by molar-refractivity contribution is -0.139. The van der Waals surface area contributed by atoms with Gasteiger partial charge in [-0.1, -0.05) is 44.2 Å². The molecule has 1 heterocycles. The number of carbonyl (C=O) groups is 2. The molecule has 166 valence electrons. The van der Waals surface area contributed by atoms with Crippen molar-refractivity contribution in [3.8, 4) is 11.5 Å². The van der Waals surface area contributed by atoms with E-state index in [1.807, 2.05) is 56.3 Å². The fourth-order valence-corrected chi connectivity index (χ4v) is 4.08. The fourth-order valence-electron chi connectivity index (χ4n) is 4.08. The Hall–Kier alpha value is -3.22. The highest BCUT2D eigenvalue weighted by Crippen LogP contribution is 2.41. The van der Waals surface area contributed by atoms with E-state index in [0.29, 0.717) is 30.9 Å². The van der Waals surface area contributed by atoms with Crippen LogP contribution in [0.25, 0.3) is 0 Å². The molecule has 0 saturated heterocycles. The summed E-state index contributed by atoms with van der Waals surface area (Å²) in [6.45, 7) is 4.33. The average Bonchev–Trinajstić information content (AvgIpc) is 2.76. The largest absolute Gasteiger partial charge is 0.493 e. The number of benzene rings is 2. The Morgan fingerprint density at radius 3 is 2.35 bits per heavy atom. The third-order valence-corrected chi connectivity index (χ3v) is 5.55. The van der Waals surface area contributed by atoms with E-state index in [0.717, 1.165) is 16.7 Å². The molecule has 0 radical (unpaired) electrons. The number of nitrogens with one attached hydrogen (secondary N) is 1. The second kappa shape index (κ2) is 9.73. The van der Waals surface area contributed by atoms with Crippen molar-refractivity contribution >= 4 is 12.0 Å². The van der Waals surface area contributed by atoms with Gasteiger partial charge in [-0.15, -0.1) is 0 Å². The molecule has 1 aliphatic rings. The van der Waals surface area contributed by atoms with Crippen molar-refractivity contribution in [2.75, 3.05) is 20.8 Å². The summed E-state index contributed by atoms with van der Waals surface area (Å²) >= 11 is 0. The first kappa shape index (κ1) is 22.5. The van der Waals surface area contributed by atoms with E-state index in [4.69, 9.17) is 9.47 Å². The van der Waals surface area contributed by atoms with Gasteiger partial charge in [0.1, 0.15) is 6.04 Å². The Bertz CT molecular complexity index is 929. The summed E-state index contributed by atoms with van der Waals surface area (Å²) in [6, 6.07) is 11.9. The van der Waals surface area contributed by atoms with Gasteiger partial charge < -0.3 is 24.8 Å². The molecule has 0 aromatic heterocycles. The summed E-state index contributed by atoms with van der Waals surface area (Å²) in [4.78, 5) is 26.7. The van der Waals surface area contributed by atoms with E-state index in [9.17, 15) is 14.7 Å². The molecule has 3 rings (SSSR count). The number of rotatable bonds is 7. The number of aliphatic carboxylic acids is 1. The molecule has 31 heavy (non-hydrogen) atoms.